The van der Waals surface area contributed by atoms with Crippen molar-refractivity contribution in [3.8, 4) is 0 Å². The maximum Gasteiger partial charge on any atom is 0.234 e. The van der Waals surface area contributed by atoms with Crippen LogP contribution in [0.15, 0.2) is 40.1 Å². The maximum atomic E-state index is 11.9. The summed E-state index contributed by atoms with van der Waals surface area (Å²) in [6.45, 7) is 1.81. The van der Waals surface area contributed by atoms with Gasteiger partial charge < -0.3 is 9.73 Å². The lowest BCUT2D eigenvalue weighted by Crippen LogP contribution is -2.14. The quantitative estimate of drug-likeness (QED) is 0.770. The van der Waals surface area contributed by atoms with Crippen LogP contribution in [0, 0.1) is 6.92 Å². The van der Waals surface area contributed by atoms with Crippen LogP contribution in [0.4, 0.5) is 5.69 Å². The molecule has 6 heteroatoms. The van der Waals surface area contributed by atoms with Gasteiger partial charge in [0.05, 0.1) is 5.75 Å². The molecule has 0 aliphatic heterocycles. The molecule has 4 nitrogen and oxygen atoms in total. The number of thiophene rings is 1. The molecule has 1 amide bonds. The number of amides is 1. The van der Waals surface area contributed by atoms with Crippen LogP contribution < -0.4 is 5.32 Å². The molecular formula is C15H14N2O2S2. The van der Waals surface area contributed by atoms with E-state index in [2.05, 4.69) is 16.4 Å². The van der Waals surface area contributed by atoms with Crippen molar-refractivity contribution in [1.82, 2.24) is 4.98 Å². The van der Waals surface area contributed by atoms with Crippen molar-refractivity contribution < 1.29 is 9.21 Å². The number of oxazole rings is 1. The van der Waals surface area contributed by atoms with Crippen LogP contribution in [0.3, 0.4) is 0 Å². The van der Waals surface area contributed by atoms with E-state index in [0.717, 1.165) is 22.5 Å². The van der Waals surface area contributed by atoms with Crippen molar-refractivity contribution >= 4 is 45.8 Å². The Balaban J connectivity index is 1.55. The smallest absolute Gasteiger partial charge is 0.234 e. The summed E-state index contributed by atoms with van der Waals surface area (Å²) in [5.41, 5.74) is 2.24. The van der Waals surface area contributed by atoms with Gasteiger partial charge in [-0.15, -0.1) is 23.1 Å². The molecule has 3 rings (SSSR count). The monoisotopic (exact) mass is 318 g/mol. The van der Waals surface area contributed by atoms with E-state index in [1.165, 1.54) is 4.88 Å². The number of anilines is 1. The van der Waals surface area contributed by atoms with Crippen LogP contribution in [0.1, 0.15) is 10.8 Å². The third-order valence-corrected chi connectivity index (χ3v) is 4.88. The van der Waals surface area contributed by atoms with E-state index in [0.29, 0.717) is 11.6 Å². The first-order chi connectivity index (χ1) is 10.2. The van der Waals surface area contributed by atoms with E-state index in [-0.39, 0.29) is 5.91 Å². The Labute approximate surface area is 130 Å². The Morgan fingerprint density at radius 2 is 2.33 bits per heavy atom. The zero-order chi connectivity index (χ0) is 14.7. The Kier molecular flexibility index (Phi) is 4.26. The van der Waals surface area contributed by atoms with Crippen molar-refractivity contribution in [2.24, 2.45) is 0 Å². The summed E-state index contributed by atoms with van der Waals surface area (Å²) in [4.78, 5) is 17.4. The predicted molar refractivity (Wildman–Crippen MR) is 87.9 cm³/mol. The number of nitrogens with one attached hydrogen (secondary N) is 1. The van der Waals surface area contributed by atoms with Crippen LogP contribution in [-0.4, -0.2) is 16.6 Å². The standard InChI is InChI=1S/C15H14N2O2S2/c1-10-16-13-7-11(4-5-14(13)19-10)17-15(18)9-20-8-12-3-2-6-21-12/h2-7H,8-9H2,1H3,(H,17,18). The SMILES string of the molecule is Cc1nc2cc(NC(=O)CSCc3cccs3)ccc2o1. The predicted octanol–water partition coefficient (Wildman–Crippen LogP) is 4.07. The van der Waals surface area contributed by atoms with Crippen molar-refractivity contribution in [1.29, 1.82) is 0 Å². The molecule has 0 aliphatic carbocycles. The number of rotatable bonds is 5. The summed E-state index contributed by atoms with van der Waals surface area (Å²) < 4.78 is 5.41. The number of nitrogens with zero attached hydrogens (tertiary/aromatic N) is 1. The number of carbonyl (C=O) groups excluding carboxylic acids is 1. The second-order valence-corrected chi connectivity index (χ2v) is 6.55. The highest BCUT2D eigenvalue weighted by molar-refractivity contribution is 7.99. The molecular weight excluding hydrogens is 304 g/mol. The minimum absolute atomic E-state index is 0.00359. The number of fused-ring (bicyclic) bond motifs is 1. The number of carbonyl (C=O) groups is 1. The lowest BCUT2D eigenvalue weighted by Gasteiger charge is -2.04. The third-order valence-electron chi connectivity index (χ3n) is 2.84. The van der Waals surface area contributed by atoms with E-state index in [1.54, 1.807) is 30.0 Å². The molecule has 0 bridgehead atoms. The van der Waals surface area contributed by atoms with Gasteiger partial charge in [0.25, 0.3) is 0 Å². The summed E-state index contributed by atoms with van der Waals surface area (Å²) in [5, 5.41) is 4.93. The number of aryl methyl sites for hydroxylation is 1. The van der Waals surface area contributed by atoms with Gasteiger partial charge in [-0.05, 0) is 29.6 Å². The number of hydrogen-bond acceptors (Lipinski definition) is 5. The summed E-state index contributed by atoms with van der Waals surface area (Å²) >= 11 is 3.32. The lowest BCUT2D eigenvalue weighted by molar-refractivity contribution is -0.113. The molecule has 2 heterocycles. The van der Waals surface area contributed by atoms with Crippen molar-refractivity contribution in [2.75, 3.05) is 11.1 Å². The van der Waals surface area contributed by atoms with Gasteiger partial charge in [0.2, 0.25) is 5.91 Å². The Morgan fingerprint density at radius 3 is 3.14 bits per heavy atom. The van der Waals surface area contributed by atoms with E-state index in [1.807, 2.05) is 29.6 Å². The second kappa shape index (κ2) is 6.32. The highest BCUT2D eigenvalue weighted by atomic mass is 32.2. The first-order valence-electron chi connectivity index (χ1n) is 6.48. The average molecular weight is 318 g/mol. The molecule has 2 aromatic heterocycles. The zero-order valence-electron chi connectivity index (χ0n) is 11.5. The molecule has 0 saturated heterocycles. The van der Waals surface area contributed by atoms with Crippen molar-refractivity contribution in [3.63, 3.8) is 0 Å². The topological polar surface area (TPSA) is 55.1 Å². The van der Waals surface area contributed by atoms with Crippen LogP contribution >= 0.6 is 23.1 Å². The van der Waals surface area contributed by atoms with Crippen LogP contribution in [0.25, 0.3) is 11.1 Å². The summed E-state index contributed by atoms with van der Waals surface area (Å²) in [5.74, 6) is 1.93. The second-order valence-electron chi connectivity index (χ2n) is 4.54. The number of benzene rings is 1. The molecule has 0 unspecified atom stereocenters. The molecule has 108 valence electrons. The minimum Gasteiger partial charge on any atom is -0.441 e. The molecule has 0 atom stereocenters. The molecule has 0 fully saturated rings. The van der Waals surface area contributed by atoms with Gasteiger partial charge in [-0.25, -0.2) is 4.98 Å². The highest BCUT2D eigenvalue weighted by Gasteiger charge is 2.06. The van der Waals surface area contributed by atoms with Gasteiger partial charge in [0, 0.05) is 23.2 Å². The van der Waals surface area contributed by atoms with E-state index in [9.17, 15) is 4.79 Å². The molecule has 0 radical (unpaired) electrons. The molecule has 1 N–H and O–H groups in total. The van der Waals surface area contributed by atoms with Crippen LogP contribution in [0.5, 0.6) is 0 Å². The number of hydrogen-bond donors (Lipinski definition) is 1. The number of thioether (sulfide) groups is 1. The van der Waals surface area contributed by atoms with Gasteiger partial charge in [-0.2, -0.15) is 0 Å². The lowest BCUT2D eigenvalue weighted by atomic mass is 10.3. The largest absolute Gasteiger partial charge is 0.441 e. The molecule has 0 spiro atoms. The fraction of sp³-hybridized carbons (Fsp3) is 0.200. The summed E-state index contributed by atoms with van der Waals surface area (Å²) in [6, 6.07) is 9.58. The van der Waals surface area contributed by atoms with E-state index >= 15 is 0 Å². The molecule has 1 aromatic carbocycles. The normalized spacial score (nSPS) is 10.9. The molecule has 21 heavy (non-hydrogen) atoms. The van der Waals surface area contributed by atoms with Gasteiger partial charge in [0.1, 0.15) is 5.52 Å². The number of aromatic nitrogens is 1. The maximum absolute atomic E-state index is 11.9. The first kappa shape index (κ1) is 14.2. The van der Waals surface area contributed by atoms with Gasteiger partial charge in [0.15, 0.2) is 11.5 Å². The van der Waals surface area contributed by atoms with E-state index < -0.39 is 0 Å². The summed E-state index contributed by atoms with van der Waals surface area (Å²) in [6.07, 6.45) is 0. The van der Waals surface area contributed by atoms with E-state index in [4.69, 9.17) is 4.42 Å². The van der Waals surface area contributed by atoms with Gasteiger partial charge in [-0.3, -0.25) is 4.79 Å². The van der Waals surface area contributed by atoms with Crippen molar-refractivity contribution in [2.45, 2.75) is 12.7 Å². The molecule has 3 aromatic rings. The van der Waals surface area contributed by atoms with Gasteiger partial charge >= 0.3 is 0 Å². The fourth-order valence-corrected chi connectivity index (χ4v) is 3.62. The Hall–Kier alpha value is -1.79. The fourth-order valence-electron chi connectivity index (χ4n) is 1.96. The van der Waals surface area contributed by atoms with Gasteiger partial charge in [-0.1, -0.05) is 6.07 Å². The molecule has 0 saturated carbocycles. The Morgan fingerprint density at radius 1 is 1.43 bits per heavy atom. The first-order valence-corrected chi connectivity index (χ1v) is 8.51. The zero-order valence-corrected chi connectivity index (χ0v) is 13.1. The highest BCUT2D eigenvalue weighted by Crippen LogP contribution is 2.20. The minimum atomic E-state index is -0.00359. The molecule has 0 aliphatic rings. The average Bonchev–Trinajstić information content (AvgIpc) is 3.06. The Bertz CT molecular complexity index is 750. The third kappa shape index (κ3) is 3.65. The van der Waals surface area contributed by atoms with Crippen molar-refractivity contribution in [3.05, 3.63) is 46.5 Å². The van der Waals surface area contributed by atoms with Crippen LogP contribution in [0.2, 0.25) is 0 Å². The summed E-state index contributed by atoms with van der Waals surface area (Å²) in [7, 11) is 0. The van der Waals surface area contributed by atoms with Crippen LogP contribution in [-0.2, 0) is 10.5 Å².